The molecule has 1 saturated heterocycles. The second kappa shape index (κ2) is 8.30. The van der Waals surface area contributed by atoms with Crippen LogP contribution in [0.25, 0.3) is 0 Å². The normalized spacial score (nSPS) is 34.8. The molecule has 0 radical (unpaired) electrons. The van der Waals surface area contributed by atoms with E-state index in [-0.39, 0.29) is 23.1 Å². The van der Waals surface area contributed by atoms with Gasteiger partial charge in [-0.1, -0.05) is 44.3 Å². The van der Waals surface area contributed by atoms with E-state index in [0.717, 1.165) is 31.4 Å². The van der Waals surface area contributed by atoms with Crippen LogP contribution in [0, 0.1) is 11.8 Å². The van der Waals surface area contributed by atoms with Crippen molar-refractivity contribution >= 4 is 36.3 Å². The van der Waals surface area contributed by atoms with E-state index in [1.54, 1.807) is 0 Å². The quantitative estimate of drug-likeness (QED) is 0.756. The predicted molar refractivity (Wildman–Crippen MR) is 109 cm³/mol. The number of thioether (sulfide) groups is 1. The fourth-order valence-electron chi connectivity index (χ4n) is 4.85. The Bertz CT molecular complexity index is 580. The molecule has 4 aliphatic rings. The van der Waals surface area contributed by atoms with E-state index in [0.29, 0.717) is 17.9 Å². The summed E-state index contributed by atoms with van der Waals surface area (Å²) in [6.07, 6.45) is 19.4. The van der Waals surface area contributed by atoms with Gasteiger partial charge in [0, 0.05) is 18.0 Å². The Kier molecular flexibility index (Phi) is 6.32. The maximum absolute atomic E-state index is 13.0. The summed E-state index contributed by atoms with van der Waals surface area (Å²) in [6.45, 7) is 0. The highest BCUT2D eigenvalue weighted by Gasteiger charge is 2.54. The number of rotatable bonds is 2. The molecule has 3 atom stereocenters. The van der Waals surface area contributed by atoms with E-state index in [2.05, 4.69) is 28.5 Å². The molecular weight excluding hydrogens is 352 g/mol. The summed E-state index contributed by atoms with van der Waals surface area (Å²) in [4.78, 5) is 17.7. The highest BCUT2D eigenvalue weighted by molar-refractivity contribution is 8.01. The lowest BCUT2D eigenvalue weighted by Crippen LogP contribution is -2.45. The Hall–Kier alpha value is -0.740. The predicted octanol–water partition coefficient (Wildman–Crippen LogP) is 4.67. The summed E-state index contributed by atoms with van der Waals surface area (Å²) in [6, 6.07) is 0.401. The Morgan fingerprint density at radius 3 is 2.76 bits per heavy atom. The number of hydrogen-bond donors (Lipinski definition) is 1. The number of nitrogens with zero attached hydrogens (tertiary/aromatic N) is 1. The lowest BCUT2D eigenvalue weighted by molar-refractivity contribution is -0.126. The van der Waals surface area contributed by atoms with Crippen molar-refractivity contribution in [2.45, 2.75) is 68.6 Å². The van der Waals surface area contributed by atoms with Gasteiger partial charge in [-0.3, -0.25) is 9.79 Å². The SMILES string of the molecule is Cl.O=C(NC1CCCCCCC1)C1CSC23CC=CC=C2N=CCC13. The van der Waals surface area contributed by atoms with Crippen LogP contribution in [0.5, 0.6) is 0 Å². The first kappa shape index (κ1) is 19.0. The summed E-state index contributed by atoms with van der Waals surface area (Å²) in [5, 5.41) is 3.42. The van der Waals surface area contributed by atoms with E-state index in [9.17, 15) is 4.79 Å². The number of carbonyl (C=O) groups excluding carboxylic acids is 1. The van der Waals surface area contributed by atoms with E-state index < -0.39 is 0 Å². The van der Waals surface area contributed by atoms with Crippen LogP contribution in [-0.2, 0) is 4.79 Å². The maximum Gasteiger partial charge on any atom is 0.224 e. The maximum atomic E-state index is 13.0. The summed E-state index contributed by atoms with van der Waals surface area (Å²) in [5.74, 6) is 1.79. The van der Waals surface area contributed by atoms with Gasteiger partial charge in [0.1, 0.15) is 0 Å². The summed E-state index contributed by atoms with van der Waals surface area (Å²) >= 11 is 1.97. The first-order valence-corrected chi connectivity index (χ1v) is 10.6. The third-order valence-electron chi connectivity index (χ3n) is 6.23. The van der Waals surface area contributed by atoms with Crippen LogP contribution in [0.15, 0.2) is 28.9 Å². The topological polar surface area (TPSA) is 41.5 Å². The Balaban J connectivity index is 0.00000182. The highest BCUT2D eigenvalue weighted by Crippen LogP contribution is 2.57. The lowest BCUT2D eigenvalue weighted by Gasteiger charge is -2.39. The molecule has 2 aliphatic carbocycles. The average Bonchev–Trinajstić information content (AvgIpc) is 2.95. The van der Waals surface area contributed by atoms with Gasteiger partial charge in [0.05, 0.1) is 16.4 Å². The number of hydrogen-bond acceptors (Lipinski definition) is 3. The van der Waals surface area contributed by atoms with Crippen LogP contribution in [0.1, 0.15) is 57.8 Å². The zero-order valence-electron chi connectivity index (χ0n) is 14.8. The molecule has 3 nitrogen and oxygen atoms in total. The van der Waals surface area contributed by atoms with Crippen molar-refractivity contribution in [3.63, 3.8) is 0 Å². The molecule has 3 unspecified atom stereocenters. The number of allylic oxidation sites excluding steroid dienone is 3. The standard InChI is InChI=1S/C20H28N2OS.ClH/c23-19(22-15-8-4-2-1-3-5-9-15)16-14-24-20-12-7-6-10-18(20)21-13-11-17(16)20;/h6-7,10,13,15-17H,1-5,8-9,11-12,14H2,(H,22,23);1H. The van der Waals surface area contributed by atoms with Crippen molar-refractivity contribution in [3.05, 3.63) is 23.9 Å². The number of halogens is 1. The first-order valence-electron chi connectivity index (χ1n) is 9.64. The number of carbonyl (C=O) groups is 1. The molecule has 0 aromatic heterocycles. The third-order valence-corrected chi connectivity index (χ3v) is 7.95. The van der Waals surface area contributed by atoms with Crippen LogP contribution in [0.3, 0.4) is 0 Å². The van der Waals surface area contributed by atoms with Crippen molar-refractivity contribution in [1.29, 1.82) is 0 Å². The van der Waals surface area contributed by atoms with Gasteiger partial charge in [-0.2, -0.15) is 0 Å². The molecule has 1 N–H and O–H groups in total. The number of amides is 1. The molecule has 0 aromatic carbocycles. The van der Waals surface area contributed by atoms with Crippen LogP contribution < -0.4 is 5.32 Å². The molecule has 2 aliphatic heterocycles. The van der Waals surface area contributed by atoms with Gasteiger partial charge < -0.3 is 5.32 Å². The Morgan fingerprint density at radius 2 is 1.96 bits per heavy atom. The summed E-state index contributed by atoms with van der Waals surface area (Å²) in [7, 11) is 0. The minimum absolute atomic E-state index is 0. The van der Waals surface area contributed by atoms with Gasteiger partial charge in [-0.05, 0) is 37.7 Å². The van der Waals surface area contributed by atoms with Crippen molar-refractivity contribution in [2.75, 3.05) is 5.75 Å². The molecule has 0 aromatic rings. The van der Waals surface area contributed by atoms with Crippen molar-refractivity contribution in [2.24, 2.45) is 16.8 Å². The molecule has 25 heavy (non-hydrogen) atoms. The highest BCUT2D eigenvalue weighted by atomic mass is 35.5. The lowest BCUT2D eigenvalue weighted by atomic mass is 9.73. The molecule has 1 amide bonds. The van der Waals surface area contributed by atoms with E-state index in [1.807, 2.05) is 18.0 Å². The molecule has 2 heterocycles. The average molecular weight is 381 g/mol. The van der Waals surface area contributed by atoms with Gasteiger partial charge in [-0.15, -0.1) is 24.2 Å². The molecular formula is C20H29ClN2OS. The van der Waals surface area contributed by atoms with Gasteiger partial charge in [0.25, 0.3) is 0 Å². The zero-order chi connectivity index (χ0) is 16.4. The van der Waals surface area contributed by atoms with Crippen LogP contribution in [0.4, 0.5) is 0 Å². The fourth-order valence-corrected chi connectivity index (χ4v) is 6.67. The number of nitrogens with one attached hydrogen (secondary N) is 1. The smallest absolute Gasteiger partial charge is 0.224 e. The minimum atomic E-state index is 0. The van der Waals surface area contributed by atoms with Crippen LogP contribution in [-0.4, -0.2) is 28.7 Å². The molecule has 2 fully saturated rings. The van der Waals surface area contributed by atoms with Crippen molar-refractivity contribution in [1.82, 2.24) is 5.32 Å². The Labute approximate surface area is 161 Å². The molecule has 1 spiro atoms. The van der Waals surface area contributed by atoms with E-state index in [1.165, 1.54) is 37.8 Å². The summed E-state index contributed by atoms with van der Waals surface area (Å²) in [5.41, 5.74) is 1.19. The molecule has 138 valence electrons. The first-order chi connectivity index (χ1) is 11.8. The van der Waals surface area contributed by atoms with E-state index >= 15 is 0 Å². The summed E-state index contributed by atoms with van der Waals surface area (Å²) < 4.78 is 0.0619. The monoisotopic (exact) mass is 380 g/mol. The second-order valence-electron chi connectivity index (χ2n) is 7.70. The van der Waals surface area contributed by atoms with Crippen LogP contribution >= 0.6 is 24.2 Å². The largest absolute Gasteiger partial charge is 0.353 e. The van der Waals surface area contributed by atoms with Gasteiger partial charge in [-0.25, -0.2) is 0 Å². The Morgan fingerprint density at radius 1 is 1.20 bits per heavy atom. The third kappa shape index (κ3) is 3.71. The molecule has 0 bridgehead atoms. The van der Waals surface area contributed by atoms with Crippen LogP contribution in [0.2, 0.25) is 0 Å². The molecule has 5 heteroatoms. The van der Waals surface area contributed by atoms with Gasteiger partial charge in [0.2, 0.25) is 5.91 Å². The van der Waals surface area contributed by atoms with Gasteiger partial charge >= 0.3 is 0 Å². The van der Waals surface area contributed by atoms with E-state index in [4.69, 9.17) is 0 Å². The van der Waals surface area contributed by atoms with Gasteiger partial charge in [0.15, 0.2) is 0 Å². The fraction of sp³-hybridized carbons (Fsp3) is 0.700. The minimum Gasteiger partial charge on any atom is -0.353 e. The van der Waals surface area contributed by atoms with Crippen molar-refractivity contribution < 1.29 is 4.79 Å². The van der Waals surface area contributed by atoms with Crippen molar-refractivity contribution in [3.8, 4) is 0 Å². The molecule has 1 saturated carbocycles. The number of aliphatic imine (C=N–C) groups is 1. The second-order valence-corrected chi connectivity index (χ2v) is 9.05. The zero-order valence-corrected chi connectivity index (χ0v) is 16.4. The molecule has 4 rings (SSSR count).